The molecule has 3 aromatic rings. The number of H-pyrrole nitrogens is 1. The number of para-hydroxylation sites is 1. The third-order valence-electron chi connectivity index (χ3n) is 5.53. The highest BCUT2D eigenvalue weighted by atomic mass is 16.6. The van der Waals surface area contributed by atoms with Crippen LogP contribution in [0.2, 0.25) is 0 Å². The van der Waals surface area contributed by atoms with Crippen LogP contribution in [0.5, 0.6) is 5.75 Å². The molecule has 0 unspecified atom stereocenters. The summed E-state index contributed by atoms with van der Waals surface area (Å²) in [6, 6.07) is 12.3. The van der Waals surface area contributed by atoms with Gasteiger partial charge in [0.25, 0.3) is 5.69 Å². The molecule has 3 N–H and O–H groups in total. The molecule has 0 radical (unpaired) electrons. The van der Waals surface area contributed by atoms with E-state index in [0.717, 1.165) is 22.2 Å². The molecular weight excluding hydrogens is 372 g/mol. The third-order valence-corrected chi connectivity index (χ3v) is 5.53. The Hall–Kier alpha value is -3.39. The zero-order valence-corrected chi connectivity index (χ0v) is 16.0. The van der Waals surface area contributed by atoms with Gasteiger partial charge >= 0.3 is 0 Å². The minimum Gasteiger partial charge on any atom is -0.497 e. The summed E-state index contributed by atoms with van der Waals surface area (Å²) in [5.74, 6) is 0.553. The fraction of sp³-hybridized carbons (Fsp3) is 0.286. The maximum Gasteiger partial charge on any atom is 0.274 e. The molecule has 2 aromatic carbocycles. The fourth-order valence-electron chi connectivity index (χ4n) is 4.05. The van der Waals surface area contributed by atoms with E-state index in [4.69, 9.17) is 4.74 Å². The number of aromatic nitrogens is 1. The van der Waals surface area contributed by atoms with Gasteiger partial charge < -0.3 is 15.0 Å². The summed E-state index contributed by atoms with van der Waals surface area (Å²) < 4.78 is 5.25. The Morgan fingerprint density at radius 3 is 2.83 bits per heavy atom. The van der Waals surface area contributed by atoms with Crippen molar-refractivity contribution in [2.45, 2.75) is 18.4 Å². The number of carbonyl (C=O) groups excluding carboxylic acids is 1. The number of aromatic amines is 1. The SMILES string of the molecule is COc1ccc2c(CCN[C@]3(c4ccccc4[N+](=O)[O-])CCNC3=O)c[nH]c2c1. The molecule has 1 saturated heterocycles. The predicted molar refractivity (Wildman–Crippen MR) is 109 cm³/mol. The standard InChI is InChI=1S/C21H22N4O4/c1-29-15-6-7-16-14(13-23-18(16)12-15)8-10-24-21(9-11-22-20(21)26)17-4-2-3-5-19(17)25(27)28/h2-7,12-13,23-24H,8-11H2,1H3,(H,22,26)/t21-/m0/s1. The number of hydrogen-bond donors (Lipinski definition) is 3. The van der Waals surface area contributed by atoms with Gasteiger partial charge in [0.2, 0.25) is 5.91 Å². The highest BCUT2D eigenvalue weighted by Crippen LogP contribution is 2.35. The van der Waals surface area contributed by atoms with Gasteiger partial charge in [0, 0.05) is 42.3 Å². The van der Waals surface area contributed by atoms with Crippen molar-refractivity contribution in [1.29, 1.82) is 0 Å². The van der Waals surface area contributed by atoms with Crippen LogP contribution < -0.4 is 15.4 Å². The fourth-order valence-corrected chi connectivity index (χ4v) is 4.05. The number of ether oxygens (including phenoxy) is 1. The van der Waals surface area contributed by atoms with Crippen LogP contribution in [0.1, 0.15) is 17.5 Å². The van der Waals surface area contributed by atoms with Crippen molar-refractivity contribution in [3.8, 4) is 5.75 Å². The lowest BCUT2D eigenvalue weighted by atomic mass is 9.86. The molecule has 8 heteroatoms. The molecule has 0 bridgehead atoms. The Morgan fingerprint density at radius 2 is 2.10 bits per heavy atom. The molecule has 4 rings (SSSR count). The van der Waals surface area contributed by atoms with E-state index in [-0.39, 0.29) is 11.6 Å². The van der Waals surface area contributed by atoms with Gasteiger partial charge in [-0.25, -0.2) is 0 Å². The van der Waals surface area contributed by atoms with Crippen LogP contribution in [0.4, 0.5) is 5.69 Å². The lowest BCUT2D eigenvalue weighted by Gasteiger charge is -2.28. The van der Waals surface area contributed by atoms with E-state index in [0.29, 0.717) is 31.5 Å². The van der Waals surface area contributed by atoms with Crippen molar-refractivity contribution in [2.75, 3.05) is 20.2 Å². The third kappa shape index (κ3) is 3.31. The Labute approximate surface area is 167 Å². The van der Waals surface area contributed by atoms with E-state index in [1.54, 1.807) is 25.3 Å². The summed E-state index contributed by atoms with van der Waals surface area (Å²) >= 11 is 0. The molecule has 1 fully saturated rings. The van der Waals surface area contributed by atoms with Gasteiger partial charge in [0.15, 0.2) is 0 Å². The molecule has 1 aliphatic heterocycles. The van der Waals surface area contributed by atoms with Crippen LogP contribution in [0.15, 0.2) is 48.7 Å². The Morgan fingerprint density at radius 1 is 1.28 bits per heavy atom. The van der Waals surface area contributed by atoms with Crippen LogP contribution in [-0.2, 0) is 16.8 Å². The zero-order valence-electron chi connectivity index (χ0n) is 16.0. The van der Waals surface area contributed by atoms with Gasteiger partial charge in [0.1, 0.15) is 11.3 Å². The molecular formula is C21H22N4O4. The van der Waals surface area contributed by atoms with Gasteiger partial charge in [-0.1, -0.05) is 12.1 Å². The van der Waals surface area contributed by atoms with Gasteiger partial charge in [0.05, 0.1) is 17.6 Å². The van der Waals surface area contributed by atoms with E-state index in [1.165, 1.54) is 6.07 Å². The van der Waals surface area contributed by atoms with Crippen molar-refractivity contribution in [1.82, 2.24) is 15.6 Å². The zero-order chi connectivity index (χ0) is 20.4. The summed E-state index contributed by atoms with van der Waals surface area (Å²) in [5, 5.41) is 18.7. The molecule has 1 aliphatic rings. The van der Waals surface area contributed by atoms with Crippen LogP contribution in [0.25, 0.3) is 10.9 Å². The molecule has 1 atom stereocenters. The first kappa shape index (κ1) is 18.9. The molecule has 1 amide bonds. The number of hydrogen-bond acceptors (Lipinski definition) is 5. The van der Waals surface area contributed by atoms with Crippen molar-refractivity contribution < 1.29 is 14.5 Å². The number of nitrogens with one attached hydrogen (secondary N) is 3. The first-order chi connectivity index (χ1) is 14.0. The molecule has 8 nitrogen and oxygen atoms in total. The smallest absolute Gasteiger partial charge is 0.274 e. The monoisotopic (exact) mass is 394 g/mol. The second-order valence-corrected chi connectivity index (χ2v) is 7.09. The number of fused-ring (bicyclic) bond motifs is 1. The Kier molecular flexibility index (Phi) is 4.94. The number of rotatable bonds is 7. The lowest BCUT2D eigenvalue weighted by molar-refractivity contribution is -0.386. The number of nitrogens with zero attached hydrogens (tertiary/aromatic N) is 1. The van der Waals surface area contributed by atoms with Gasteiger partial charge in [-0.05, 0) is 36.6 Å². The van der Waals surface area contributed by atoms with Crippen molar-refractivity contribution in [3.63, 3.8) is 0 Å². The van der Waals surface area contributed by atoms with Gasteiger partial charge in [-0.2, -0.15) is 0 Å². The normalized spacial score (nSPS) is 18.7. The highest BCUT2D eigenvalue weighted by Gasteiger charge is 2.47. The van der Waals surface area contributed by atoms with Crippen LogP contribution in [-0.4, -0.2) is 36.0 Å². The highest BCUT2D eigenvalue weighted by molar-refractivity contribution is 5.91. The second-order valence-electron chi connectivity index (χ2n) is 7.09. The van der Waals surface area contributed by atoms with Crippen molar-refractivity contribution >= 4 is 22.5 Å². The molecule has 29 heavy (non-hydrogen) atoms. The van der Waals surface area contributed by atoms with Crippen LogP contribution in [0.3, 0.4) is 0 Å². The number of carbonyl (C=O) groups is 1. The Balaban J connectivity index is 1.58. The molecule has 0 spiro atoms. The van der Waals surface area contributed by atoms with Gasteiger partial charge in [-0.3, -0.25) is 20.2 Å². The molecule has 150 valence electrons. The lowest BCUT2D eigenvalue weighted by Crippen LogP contribution is -2.49. The maximum absolute atomic E-state index is 12.7. The largest absolute Gasteiger partial charge is 0.497 e. The first-order valence-electron chi connectivity index (χ1n) is 9.46. The average molecular weight is 394 g/mol. The van der Waals surface area contributed by atoms with Gasteiger partial charge in [-0.15, -0.1) is 0 Å². The Bertz CT molecular complexity index is 1080. The van der Waals surface area contributed by atoms with E-state index in [2.05, 4.69) is 15.6 Å². The first-order valence-corrected chi connectivity index (χ1v) is 9.46. The summed E-state index contributed by atoms with van der Waals surface area (Å²) in [4.78, 5) is 27.1. The molecule has 0 aliphatic carbocycles. The van der Waals surface area contributed by atoms with E-state index in [1.807, 2.05) is 24.4 Å². The topological polar surface area (TPSA) is 109 Å². The summed E-state index contributed by atoms with van der Waals surface area (Å²) in [5.41, 5.74) is 1.34. The minimum atomic E-state index is -1.10. The quantitative estimate of drug-likeness (QED) is 0.422. The average Bonchev–Trinajstić information content (AvgIpc) is 3.31. The predicted octanol–water partition coefficient (Wildman–Crippen LogP) is 2.63. The van der Waals surface area contributed by atoms with Crippen LogP contribution >= 0.6 is 0 Å². The molecule has 1 aromatic heterocycles. The van der Waals surface area contributed by atoms with E-state index < -0.39 is 10.5 Å². The second kappa shape index (κ2) is 7.56. The van der Waals surface area contributed by atoms with E-state index in [9.17, 15) is 14.9 Å². The minimum absolute atomic E-state index is 0.0451. The van der Waals surface area contributed by atoms with Crippen molar-refractivity contribution in [3.05, 3.63) is 69.9 Å². The molecule has 2 heterocycles. The maximum atomic E-state index is 12.7. The van der Waals surface area contributed by atoms with Crippen LogP contribution in [0, 0.1) is 10.1 Å². The van der Waals surface area contributed by atoms with Crippen molar-refractivity contribution in [2.24, 2.45) is 0 Å². The molecule has 0 saturated carbocycles. The number of methoxy groups -OCH3 is 1. The van der Waals surface area contributed by atoms with E-state index >= 15 is 0 Å². The number of nitro benzene ring substituents is 1. The number of benzene rings is 2. The number of amides is 1. The summed E-state index contributed by atoms with van der Waals surface area (Å²) in [6.07, 6.45) is 3.07. The number of nitro groups is 1. The summed E-state index contributed by atoms with van der Waals surface area (Å²) in [7, 11) is 1.63. The summed E-state index contributed by atoms with van der Waals surface area (Å²) in [6.45, 7) is 0.975.